The zero-order valence-corrected chi connectivity index (χ0v) is 11.3. The highest BCUT2D eigenvalue weighted by Crippen LogP contribution is 2.36. The van der Waals surface area contributed by atoms with E-state index in [4.69, 9.17) is 0 Å². The summed E-state index contributed by atoms with van der Waals surface area (Å²) in [4.78, 5) is 9.03. The molecule has 0 amide bonds. The lowest BCUT2D eigenvalue weighted by molar-refractivity contribution is -0.134. The second-order valence-electron chi connectivity index (χ2n) is 3.72. The van der Waals surface area contributed by atoms with E-state index < -0.39 is 11.1 Å². The molecule has 2 aromatic heterocycles. The van der Waals surface area contributed by atoms with E-state index >= 15 is 0 Å². The molecule has 0 aliphatic heterocycles. The van der Waals surface area contributed by atoms with E-state index in [1.165, 1.54) is 11.3 Å². The summed E-state index contributed by atoms with van der Waals surface area (Å²) >= 11 is 2.16. The van der Waals surface area contributed by atoms with Crippen molar-refractivity contribution in [1.82, 2.24) is 9.97 Å². The van der Waals surface area contributed by atoms with Crippen molar-refractivity contribution in [3.63, 3.8) is 0 Å². The molecule has 0 fully saturated rings. The van der Waals surface area contributed by atoms with Crippen molar-refractivity contribution in [3.8, 4) is 0 Å². The van der Waals surface area contributed by atoms with E-state index in [0.29, 0.717) is 23.0 Å². The van der Waals surface area contributed by atoms with Crippen LogP contribution in [0, 0.1) is 6.92 Å². The van der Waals surface area contributed by atoms with Gasteiger partial charge in [0.15, 0.2) is 5.13 Å². The largest absolute Gasteiger partial charge is 0.427 e. The van der Waals surface area contributed by atoms with Gasteiger partial charge in [0.2, 0.25) is 0 Å². The van der Waals surface area contributed by atoms with Crippen LogP contribution >= 0.6 is 22.7 Å². The number of hydrogen-bond donors (Lipinski definition) is 0. The quantitative estimate of drug-likeness (QED) is 0.866. The molecular weight excluding hydrogens is 283 g/mol. The van der Waals surface area contributed by atoms with Gasteiger partial charge in [0.1, 0.15) is 4.88 Å². The molecule has 0 atom stereocenters. The van der Waals surface area contributed by atoms with Gasteiger partial charge >= 0.3 is 6.18 Å². The molecule has 0 aromatic carbocycles. The van der Waals surface area contributed by atoms with E-state index in [1.807, 2.05) is 12.3 Å². The molecule has 0 aliphatic rings. The van der Waals surface area contributed by atoms with Gasteiger partial charge in [-0.2, -0.15) is 13.2 Å². The zero-order valence-electron chi connectivity index (χ0n) is 9.65. The van der Waals surface area contributed by atoms with Crippen LogP contribution in [-0.2, 0) is 12.7 Å². The monoisotopic (exact) mass is 293 g/mol. The summed E-state index contributed by atoms with van der Waals surface area (Å²) in [6, 6.07) is 0. The summed E-state index contributed by atoms with van der Waals surface area (Å²) in [6.07, 6.45) is -3.46. The zero-order chi connectivity index (χ0) is 13.3. The molecule has 2 rings (SSSR count). The maximum Gasteiger partial charge on any atom is 0.427 e. The van der Waals surface area contributed by atoms with Crippen LogP contribution in [0.4, 0.5) is 18.3 Å². The summed E-state index contributed by atoms with van der Waals surface area (Å²) in [5, 5.41) is 3.17. The summed E-state index contributed by atoms with van der Waals surface area (Å²) < 4.78 is 37.3. The molecule has 2 aromatic rings. The second kappa shape index (κ2) is 4.85. The van der Waals surface area contributed by atoms with Gasteiger partial charge in [-0.1, -0.05) is 11.3 Å². The fourth-order valence-electron chi connectivity index (χ4n) is 1.36. The van der Waals surface area contributed by atoms with Crippen LogP contribution in [-0.4, -0.2) is 17.0 Å². The minimum Gasteiger partial charge on any atom is -0.345 e. The first-order valence-corrected chi connectivity index (χ1v) is 6.71. The van der Waals surface area contributed by atoms with Crippen molar-refractivity contribution in [3.05, 3.63) is 27.2 Å². The van der Waals surface area contributed by atoms with E-state index in [-0.39, 0.29) is 0 Å². The number of rotatable bonds is 3. The van der Waals surface area contributed by atoms with Gasteiger partial charge in [-0.05, 0) is 6.92 Å². The standard InChI is InChI=1S/C10H10F3N3S2/c1-6-15-7(5-17-6)4-16(2)9-14-3-8(18-9)10(11,12)13/h3,5H,4H2,1-2H3. The topological polar surface area (TPSA) is 29.0 Å². The molecular formula is C10H10F3N3S2. The predicted molar refractivity (Wildman–Crippen MR) is 66.1 cm³/mol. The van der Waals surface area contributed by atoms with Crippen molar-refractivity contribution >= 4 is 27.8 Å². The third-order valence-corrected chi connectivity index (χ3v) is 4.14. The average molecular weight is 293 g/mol. The lowest BCUT2D eigenvalue weighted by atomic mass is 10.4. The number of aromatic nitrogens is 2. The van der Waals surface area contributed by atoms with Crippen molar-refractivity contribution < 1.29 is 13.2 Å². The van der Waals surface area contributed by atoms with Crippen LogP contribution < -0.4 is 4.90 Å². The first-order valence-electron chi connectivity index (χ1n) is 5.01. The van der Waals surface area contributed by atoms with E-state index in [0.717, 1.165) is 16.9 Å². The lowest BCUT2D eigenvalue weighted by Gasteiger charge is -2.13. The lowest BCUT2D eigenvalue weighted by Crippen LogP contribution is -2.16. The second-order valence-corrected chi connectivity index (χ2v) is 5.79. The Morgan fingerprint density at radius 3 is 2.61 bits per heavy atom. The molecule has 0 bridgehead atoms. The van der Waals surface area contributed by atoms with Gasteiger partial charge < -0.3 is 4.90 Å². The first-order chi connectivity index (χ1) is 8.36. The molecule has 0 radical (unpaired) electrons. The summed E-state index contributed by atoms with van der Waals surface area (Å²) in [7, 11) is 1.70. The molecule has 0 unspecified atom stereocenters. The van der Waals surface area contributed by atoms with Crippen molar-refractivity contribution in [2.24, 2.45) is 0 Å². The number of halogens is 3. The molecule has 2 heterocycles. The molecule has 18 heavy (non-hydrogen) atoms. The number of hydrogen-bond acceptors (Lipinski definition) is 5. The number of anilines is 1. The highest BCUT2D eigenvalue weighted by molar-refractivity contribution is 7.15. The SMILES string of the molecule is Cc1nc(CN(C)c2ncc(C(F)(F)F)s2)cs1. The number of aryl methyl sites for hydroxylation is 1. The van der Waals surface area contributed by atoms with Gasteiger partial charge in [0, 0.05) is 12.4 Å². The fraction of sp³-hybridized carbons (Fsp3) is 0.400. The summed E-state index contributed by atoms with van der Waals surface area (Å²) in [5.74, 6) is 0. The Morgan fingerprint density at radius 1 is 1.39 bits per heavy atom. The Hall–Kier alpha value is -1.15. The van der Waals surface area contributed by atoms with Crippen molar-refractivity contribution in [2.75, 3.05) is 11.9 Å². The van der Waals surface area contributed by atoms with E-state index in [1.54, 1.807) is 11.9 Å². The minimum absolute atomic E-state index is 0.341. The Bertz CT molecular complexity index is 532. The van der Waals surface area contributed by atoms with Crippen LogP contribution in [0.25, 0.3) is 0 Å². The average Bonchev–Trinajstić information content (AvgIpc) is 2.85. The van der Waals surface area contributed by atoms with Crippen LogP contribution in [0.15, 0.2) is 11.6 Å². The number of nitrogens with zero attached hydrogens (tertiary/aromatic N) is 3. The molecule has 0 saturated heterocycles. The molecule has 98 valence electrons. The molecule has 3 nitrogen and oxygen atoms in total. The van der Waals surface area contributed by atoms with Gasteiger partial charge in [0.05, 0.1) is 23.4 Å². The summed E-state index contributed by atoms with van der Waals surface area (Å²) in [5.41, 5.74) is 0.837. The highest BCUT2D eigenvalue weighted by Gasteiger charge is 2.33. The molecule has 8 heteroatoms. The van der Waals surface area contributed by atoms with Gasteiger partial charge in [-0.15, -0.1) is 11.3 Å². The van der Waals surface area contributed by atoms with Crippen molar-refractivity contribution in [1.29, 1.82) is 0 Å². The van der Waals surface area contributed by atoms with Crippen molar-refractivity contribution in [2.45, 2.75) is 19.6 Å². The van der Waals surface area contributed by atoms with E-state index in [9.17, 15) is 13.2 Å². The highest BCUT2D eigenvalue weighted by atomic mass is 32.1. The number of alkyl halides is 3. The Kier molecular flexibility index (Phi) is 3.58. The Balaban J connectivity index is 2.09. The van der Waals surface area contributed by atoms with Crippen LogP contribution in [0.5, 0.6) is 0 Å². The molecule has 0 spiro atoms. The molecule has 0 N–H and O–H groups in total. The maximum atomic E-state index is 12.4. The minimum atomic E-state index is -4.33. The predicted octanol–water partition coefficient (Wildman–Crippen LogP) is 3.56. The van der Waals surface area contributed by atoms with E-state index in [2.05, 4.69) is 9.97 Å². The molecule has 0 saturated carbocycles. The smallest absolute Gasteiger partial charge is 0.345 e. The normalized spacial score (nSPS) is 11.8. The van der Waals surface area contributed by atoms with Gasteiger partial charge in [-0.3, -0.25) is 0 Å². The fourth-order valence-corrected chi connectivity index (χ4v) is 2.71. The Morgan fingerprint density at radius 2 is 2.11 bits per heavy atom. The Labute approximate surface area is 110 Å². The van der Waals surface area contributed by atoms with Crippen LogP contribution in [0.1, 0.15) is 15.6 Å². The van der Waals surface area contributed by atoms with Gasteiger partial charge in [-0.25, -0.2) is 9.97 Å². The third kappa shape index (κ3) is 2.99. The summed E-state index contributed by atoms with van der Waals surface area (Å²) in [6.45, 7) is 2.34. The number of thiazole rings is 2. The third-order valence-electron chi connectivity index (χ3n) is 2.17. The molecule has 0 aliphatic carbocycles. The maximum absolute atomic E-state index is 12.4. The first kappa shape index (κ1) is 13.3. The van der Waals surface area contributed by atoms with Gasteiger partial charge in [0.25, 0.3) is 0 Å². The van der Waals surface area contributed by atoms with Crippen LogP contribution in [0.2, 0.25) is 0 Å². The van der Waals surface area contributed by atoms with Crippen LogP contribution in [0.3, 0.4) is 0 Å².